The van der Waals surface area contributed by atoms with Gasteiger partial charge in [0.1, 0.15) is 22.8 Å². The van der Waals surface area contributed by atoms with Crippen molar-refractivity contribution in [2.24, 2.45) is 0 Å². The quantitative estimate of drug-likeness (QED) is 0.219. The highest BCUT2D eigenvalue weighted by Crippen LogP contribution is 2.02. The number of hydrogen-bond acceptors (Lipinski definition) is 10. The SMILES string of the molecule is COC(=O)c1cccc(C(=O)NCCNCCNCCNC(=O)c2cccc(C(=O)OC)n2)n1. The fraction of sp³-hybridized carbons (Fsp3) is 0.364. The zero-order valence-corrected chi connectivity index (χ0v) is 19.1. The van der Waals surface area contributed by atoms with Gasteiger partial charge in [0.25, 0.3) is 11.8 Å². The molecule has 0 fully saturated rings. The fourth-order valence-electron chi connectivity index (χ4n) is 2.70. The number of aromatic nitrogens is 2. The number of amides is 2. The van der Waals surface area contributed by atoms with Crippen molar-refractivity contribution < 1.29 is 28.7 Å². The van der Waals surface area contributed by atoms with Gasteiger partial charge in [-0.05, 0) is 24.3 Å². The first-order chi connectivity index (χ1) is 16.5. The predicted octanol–water partition coefficient (Wildman–Crippen LogP) is -0.611. The van der Waals surface area contributed by atoms with Crippen molar-refractivity contribution >= 4 is 23.8 Å². The lowest BCUT2D eigenvalue weighted by atomic mass is 10.3. The van der Waals surface area contributed by atoms with Gasteiger partial charge in [0.05, 0.1) is 14.2 Å². The number of pyridine rings is 2. The van der Waals surface area contributed by atoms with E-state index in [2.05, 4.69) is 40.7 Å². The number of methoxy groups -OCH3 is 2. The minimum Gasteiger partial charge on any atom is -0.464 e. The Morgan fingerprint density at radius 1 is 0.618 bits per heavy atom. The van der Waals surface area contributed by atoms with Crippen LogP contribution in [0.25, 0.3) is 0 Å². The molecular weight excluding hydrogens is 444 g/mol. The molecule has 0 bridgehead atoms. The molecule has 0 aliphatic rings. The van der Waals surface area contributed by atoms with Gasteiger partial charge in [0.15, 0.2) is 0 Å². The van der Waals surface area contributed by atoms with Crippen LogP contribution in [0.15, 0.2) is 36.4 Å². The number of esters is 2. The summed E-state index contributed by atoms with van der Waals surface area (Å²) in [5.74, 6) is -1.97. The van der Waals surface area contributed by atoms with Crippen molar-refractivity contribution in [1.82, 2.24) is 31.2 Å². The van der Waals surface area contributed by atoms with Crippen LogP contribution in [0.2, 0.25) is 0 Å². The Kier molecular flexibility index (Phi) is 11.1. The van der Waals surface area contributed by atoms with E-state index in [1.165, 1.54) is 38.5 Å². The van der Waals surface area contributed by atoms with E-state index in [4.69, 9.17) is 0 Å². The van der Waals surface area contributed by atoms with E-state index in [0.29, 0.717) is 39.3 Å². The van der Waals surface area contributed by atoms with Gasteiger partial charge < -0.3 is 30.7 Å². The summed E-state index contributed by atoms with van der Waals surface area (Å²) in [7, 11) is 2.50. The van der Waals surface area contributed by atoms with Gasteiger partial charge >= 0.3 is 11.9 Å². The second-order valence-electron chi connectivity index (χ2n) is 6.81. The summed E-state index contributed by atoms with van der Waals surface area (Å²) in [5.41, 5.74) is 0.417. The Morgan fingerprint density at radius 2 is 0.971 bits per heavy atom. The van der Waals surface area contributed by atoms with Crippen LogP contribution in [-0.2, 0) is 9.47 Å². The molecule has 0 saturated carbocycles. The Bertz CT molecular complexity index is 920. The van der Waals surface area contributed by atoms with Gasteiger partial charge in [-0.15, -0.1) is 0 Å². The van der Waals surface area contributed by atoms with E-state index in [0.717, 1.165) is 0 Å². The standard InChI is InChI=1S/C22H28N6O6/c1-33-21(31)17-7-3-5-15(27-17)19(29)25-13-11-23-9-10-24-12-14-26-20(30)16-6-4-8-18(28-16)22(32)34-2/h3-8,23-24H,9-14H2,1-2H3,(H,25,29)(H,26,30). The number of ether oxygens (including phenoxy) is 2. The molecule has 0 aromatic carbocycles. The van der Waals surface area contributed by atoms with E-state index >= 15 is 0 Å². The minimum absolute atomic E-state index is 0.0708. The normalized spacial score (nSPS) is 10.3. The molecule has 0 saturated heterocycles. The van der Waals surface area contributed by atoms with Crippen molar-refractivity contribution in [3.8, 4) is 0 Å². The molecule has 12 nitrogen and oxygen atoms in total. The van der Waals surface area contributed by atoms with Crippen LogP contribution < -0.4 is 21.3 Å². The van der Waals surface area contributed by atoms with Crippen molar-refractivity contribution in [3.05, 3.63) is 59.2 Å². The minimum atomic E-state index is -0.604. The predicted molar refractivity (Wildman–Crippen MR) is 122 cm³/mol. The molecule has 0 aliphatic heterocycles. The molecule has 34 heavy (non-hydrogen) atoms. The zero-order chi connectivity index (χ0) is 24.8. The van der Waals surface area contributed by atoms with E-state index in [9.17, 15) is 19.2 Å². The number of nitrogens with zero attached hydrogens (tertiary/aromatic N) is 2. The molecule has 0 aliphatic carbocycles. The van der Waals surface area contributed by atoms with Gasteiger partial charge in [-0.25, -0.2) is 19.6 Å². The van der Waals surface area contributed by atoms with Crippen LogP contribution in [0.5, 0.6) is 0 Å². The number of nitrogens with one attached hydrogen (secondary N) is 4. The highest BCUT2D eigenvalue weighted by atomic mass is 16.5. The van der Waals surface area contributed by atoms with Gasteiger partial charge in [-0.2, -0.15) is 0 Å². The summed E-state index contributed by atoms with van der Waals surface area (Å²) in [6.07, 6.45) is 0. The lowest BCUT2D eigenvalue weighted by Crippen LogP contribution is -2.37. The first-order valence-corrected chi connectivity index (χ1v) is 10.5. The lowest BCUT2D eigenvalue weighted by Gasteiger charge is -2.09. The number of carbonyl (C=O) groups is 4. The van der Waals surface area contributed by atoms with Crippen LogP contribution in [0.1, 0.15) is 42.0 Å². The van der Waals surface area contributed by atoms with Crippen molar-refractivity contribution in [2.75, 3.05) is 53.5 Å². The molecule has 0 spiro atoms. The maximum absolute atomic E-state index is 12.1. The number of rotatable bonds is 13. The third kappa shape index (κ3) is 8.56. The van der Waals surface area contributed by atoms with E-state index in [1.54, 1.807) is 12.1 Å². The highest BCUT2D eigenvalue weighted by molar-refractivity contribution is 5.95. The monoisotopic (exact) mass is 472 g/mol. The smallest absolute Gasteiger partial charge is 0.356 e. The number of carbonyl (C=O) groups excluding carboxylic acids is 4. The molecule has 0 atom stereocenters. The van der Waals surface area contributed by atoms with Crippen molar-refractivity contribution in [1.29, 1.82) is 0 Å². The molecule has 0 unspecified atom stereocenters. The number of hydrogen-bond donors (Lipinski definition) is 4. The molecule has 0 radical (unpaired) electrons. The third-order valence-electron chi connectivity index (χ3n) is 4.41. The fourth-order valence-corrected chi connectivity index (χ4v) is 2.70. The van der Waals surface area contributed by atoms with Crippen LogP contribution >= 0.6 is 0 Å². The van der Waals surface area contributed by atoms with E-state index in [-0.39, 0.29) is 34.6 Å². The molecule has 182 valence electrons. The lowest BCUT2D eigenvalue weighted by molar-refractivity contribution is 0.0584. The Labute approximate surface area is 196 Å². The summed E-state index contributed by atoms with van der Waals surface area (Å²) in [6.45, 7) is 3.17. The summed E-state index contributed by atoms with van der Waals surface area (Å²) in [6, 6.07) is 9.12. The van der Waals surface area contributed by atoms with Crippen LogP contribution in [0.4, 0.5) is 0 Å². The summed E-state index contributed by atoms with van der Waals surface area (Å²) in [4.78, 5) is 55.2. The van der Waals surface area contributed by atoms with Crippen molar-refractivity contribution in [2.45, 2.75) is 0 Å². The maximum Gasteiger partial charge on any atom is 0.356 e. The van der Waals surface area contributed by atoms with Crippen LogP contribution in [-0.4, -0.2) is 87.2 Å². The maximum atomic E-state index is 12.1. The first kappa shape index (κ1) is 26.4. The Morgan fingerprint density at radius 3 is 1.35 bits per heavy atom. The second-order valence-corrected chi connectivity index (χ2v) is 6.81. The third-order valence-corrected chi connectivity index (χ3v) is 4.41. The van der Waals surface area contributed by atoms with Gasteiger partial charge in [-0.1, -0.05) is 12.1 Å². The molecule has 2 amide bonds. The summed E-state index contributed by atoms with van der Waals surface area (Å²) in [5, 5.41) is 11.8. The molecule has 2 heterocycles. The average Bonchev–Trinajstić information content (AvgIpc) is 2.88. The van der Waals surface area contributed by atoms with Gasteiger partial charge in [0.2, 0.25) is 0 Å². The summed E-state index contributed by atoms with van der Waals surface area (Å²) >= 11 is 0. The average molecular weight is 473 g/mol. The van der Waals surface area contributed by atoms with Gasteiger partial charge in [0, 0.05) is 39.3 Å². The molecule has 2 rings (SSSR count). The Balaban J connectivity index is 1.54. The first-order valence-electron chi connectivity index (χ1n) is 10.5. The molecule has 2 aromatic heterocycles. The highest BCUT2D eigenvalue weighted by Gasteiger charge is 2.13. The molecule has 2 aromatic rings. The van der Waals surface area contributed by atoms with Crippen molar-refractivity contribution in [3.63, 3.8) is 0 Å². The van der Waals surface area contributed by atoms with Crippen LogP contribution in [0.3, 0.4) is 0 Å². The molecular formula is C22H28N6O6. The van der Waals surface area contributed by atoms with Gasteiger partial charge in [-0.3, -0.25) is 9.59 Å². The largest absolute Gasteiger partial charge is 0.464 e. The topological polar surface area (TPSA) is 161 Å². The molecule has 4 N–H and O–H groups in total. The molecule has 12 heteroatoms. The van der Waals surface area contributed by atoms with E-state index in [1.807, 2.05) is 0 Å². The second kappa shape index (κ2) is 14.3. The Hall–Kier alpha value is -3.90. The van der Waals surface area contributed by atoms with Crippen LogP contribution in [0, 0.1) is 0 Å². The zero-order valence-electron chi connectivity index (χ0n) is 19.1. The van der Waals surface area contributed by atoms with E-state index < -0.39 is 11.9 Å². The summed E-state index contributed by atoms with van der Waals surface area (Å²) < 4.78 is 9.18.